The molecule has 20 heavy (non-hydrogen) atoms. The van der Waals surface area contributed by atoms with Crippen molar-refractivity contribution in [3.63, 3.8) is 0 Å². The third-order valence-corrected chi connectivity index (χ3v) is 5.49. The summed E-state index contributed by atoms with van der Waals surface area (Å²) in [7, 11) is -3.75. The normalized spacial score (nSPS) is 20.8. The van der Waals surface area contributed by atoms with Crippen LogP contribution in [0, 0.1) is 10.1 Å². The molecule has 1 aliphatic rings. The van der Waals surface area contributed by atoms with Gasteiger partial charge < -0.3 is 5.32 Å². The lowest BCUT2D eigenvalue weighted by Crippen LogP contribution is -2.52. The Kier molecular flexibility index (Phi) is 4.28. The minimum absolute atomic E-state index is 0.0812. The predicted octanol–water partition coefficient (Wildman–Crippen LogP) is 1.23. The van der Waals surface area contributed by atoms with Crippen LogP contribution < -0.4 is 5.32 Å². The molecule has 1 heterocycles. The van der Waals surface area contributed by atoms with Gasteiger partial charge in [-0.05, 0) is 19.1 Å². The summed E-state index contributed by atoms with van der Waals surface area (Å²) in [4.78, 5) is 10.0. The van der Waals surface area contributed by atoms with Gasteiger partial charge in [0.2, 0.25) is 10.0 Å². The minimum atomic E-state index is -3.75. The number of hydrogen-bond acceptors (Lipinski definition) is 5. The van der Waals surface area contributed by atoms with Gasteiger partial charge in [0.1, 0.15) is 5.02 Å². The van der Waals surface area contributed by atoms with Crippen LogP contribution in [0.4, 0.5) is 5.69 Å². The zero-order valence-corrected chi connectivity index (χ0v) is 12.3. The van der Waals surface area contributed by atoms with Gasteiger partial charge in [-0.1, -0.05) is 11.6 Å². The number of hydrogen-bond donors (Lipinski definition) is 1. The molecule has 0 amide bonds. The summed E-state index contributed by atoms with van der Waals surface area (Å²) < 4.78 is 26.4. The first kappa shape index (κ1) is 15.2. The van der Waals surface area contributed by atoms with Crippen molar-refractivity contribution in [1.82, 2.24) is 9.62 Å². The maximum atomic E-state index is 12.5. The molecule has 110 valence electrons. The average Bonchev–Trinajstić information content (AvgIpc) is 2.38. The van der Waals surface area contributed by atoms with Gasteiger partial charge >= 0.3 is 0 Å². The summed E-state index contributed by atoms with van der Waals surface area (Å²) >= 11 is 5.70. The molecule has 2 rings (SSSR count). The summed E-state index contributed by atoms with van der Waals surface area (Å²) in [5, 5.41) is 13.9. The second-order valence-electron chi connectivity index (χ2n) is 4.54. The molecular formula is C11H14ClN3O4S. The molecule has 0 aliphatic carbocycles. The van der Waals surface area contributed by atoms with Gasteiger partial charge in [0.05, 0.1) is 9.82 Å². The van der Waals surface area contributed by atoms with Crippen molar-refractivity contribution >= 4 is 27.3 Å². The third-order valence-electron chi connectivity index (χ3n) is 3.16. The maximum absolute atomic E-state index is 12.5. The van der Waals surface area contributed by atoms with E-state index in [0.717, 1.165) is 6.07 Å². The van der Waals surface area contributed by atoms with Crippen molar-refractivity contribution in [3.05, 3.63) is 33.3 Å². The molecule has 1 fully saturated rings. The van der Waals surface area contributed by atoms with E-state index in [1.807, 2.05) is 0 Å². The second-order valence-corrected chi connectivity index (χ2v) is 6.84. The van der Waals surface area contributed by atoms with Gasteiger partial charge in [-0.25, -0.2) is 8.42 Å². The molecule has 0 radical (unpaired) electrons. The smallest absolute Gasteiger partial charge is 0.289 e. The Morgan fingerprint density at radius 2 is 2.20 bits per heavy atom. The van der Waals surface area contributed by atoms with E-state index in [0.29, 0.717) is 19.6 Å². The van der Waals surface area contributed by atoms with Gasteiger partial charge in [-0.3, -0.25) is 10.1 Å². The lowest BCUT2D eigenvalue weighted by Gasteiger charge is -2.32. The van der Waals surface area contributed by atoms with E-state index in [-0.39, 0.29) is 16.0 Å². The fourth-order valence-corrected chi connectivity index (χ4v) is 3.95. The van der Waals surface area contributed by atoms with Crippen LogP contribution in [-0.2, 0) is 10.0 Å². The van der Waals surface area contributed by atoms with Crippen molar-refractivity contribution in [2.75, 3.05) is 19.6 Å². The monoisotopic (exact) mass is 319 g/mol. The Bertz CT molecular complexity index is 635. The lowest BCUT2D eigenvalue weighted by atomic mass is 10.3. The topological polar surface area (TPSA) is 92.6 Å². The first-order valence-electron chi connectivity index (χ1n) is 6.00. The zero-order chi connectivity index (χ0) is 14.9. The number of rotatable bonds is 3. The fourth-order valence-electron chi connectivity index (χ4n) is 2.11. The van der Waals surface area contributed by atoms with Crippen LogP contribution in [0.2, 0.25) is 5.02 Å². The Hall–Kier alpha value is -1.22. The van der Waals surface area contributed by atoms with Crippen LogP contribution in [0.5, 0.6) is 0 Å². The summed E-state index contributed by atoms with van der Waals surface area (Å²) in [6.07, 6.45) is 0. The number of nitrogens with one attached hydrogen (secondary N) is 1. The van der Waals surface area contributed by atoms with Gasteiger partial charge in [-0.2, -0.15) is 4.31 Å². The molecule has 0 spiro atoms. The quantitative estimate of drug-likeness (QED) is 0.668. The van der Waals surface area contributed by atoms with E-state index in [1.165, 1.54) is 16.4 Å². The maximum Gasteiger partial charge on any atom is 0.289 e. The number of nitro groups is 1. The van der Waals surface area contributed by atoms with Crippen LogP contribution in [0.1, 0.15) is 6.92 Å². The standard InChI is InChI=1S/C11H14ClN3O4S/c1-8-7-13-4-5-14(8)20(18,19)9-2-3-10(12)11(6-9)15(16)17/h2-3,6,8,13H,4-5,7H2,1H3/t8-/m0/s1. The summed E-state index contributed by atoms with van der Waals surface area (Å²) in [5.41, 5.74) is -0.407. The molecule has 7 nitrogen and oxygen atoms in total. The minimum Gasteiger partial charge on any atom is -0.314 e. The first-order chi connectivity index (χ1) is 9.34. The van der Waals surface area contributed by atoms with Crippen LogP contribution in [0.15, 0.2) is 23.1 Å². The molecule has 9 heteroatoms. The number of nitrogens with zero attached hydrogens (tertiary/aromatic N) is 2. The summed E-state index contributed by atoms with van der Waals surface area (Å²) in [5.74, 6) is 0. The predicted molar refractivity (Wildman–Crippen MR) is 74.3 cm³/mol. The average molecular weight is 320 g/mol. The summed E-state index contributed by atoms with van der Waals surface area (Å²) in [6, 6.07) is 3.33. The zero-order valence-electron chi connectivity index (χ0n) is 10.7. The van der Waals surface area contributed by atoms with Gasteiger partial charge in [-0.15, -0.1) is 0 Å². The molecule has 1 saturated heterocycles. The van der Waals surface area contributed by atoms with E-state index in [4.69, 9.17) is 11.6 Å². The molecule has 1 atom stereocenters. The van der Waals surface area contributed by atoms with Crippen LogP contribution in [0.3, 0.4) is 0 Å². The lowest BCUT2D eigenvalue weighted by molar-refractivity contribution is -0.384. The summed E-state index contributed by atoms with van der Waals surface area (Å²) in [6.45, 7) is 3.22. The first-order valence-corrected chi connectivity index (χ1v) is 7.82. The van der Waals surface area contributed by atoms with Crippen molar-refractivity contribution in [3.8, 4) is 0 Å². The number of nitro benzene ring substituents is 1. The van der Waals surface area contributed by atoms with Crippen molar-refractivity contribution < 1.29 is 13.3 Å². The molecule has 1 aromatic carbocycles. The highest BCUT2D eigenvalue weighted by Crippen LogP contribution is 2.29. The molecule has 0 aromatic heterocycles. The van der Waals surface area contributed by atoms with Crippen molar-refractivity contribution in [1.29, 1.82) is 0 Å². The highest BCUT2D eigenvalue weighted by Gasteiger charge is 2.32. The van der Waals surface area contributed by atoms with Gasteiger partial charge in [0, 0.05) is 31.7 Å². The SMILES string of the molecule is C[C@H]1CNCCN1S(=O)(=O)c1ccc(Cl)c([N+](=O)[O-])c1. The van der Waals surface area contributed by atoms with E-state index in [9.17, 15) is 18.5 Å². The van der Waals surface area contributed by atoms with Gasteiger partial charge in [0.25, 0.3) is 5.69 Å². The molecule has 0 saturated carbocycles. The molecule has 0 unspecified atom stereocenters. The second kappa shape index (κ2) is 5.65. The number of piperazine rings is 1. The Morgan fingerprint density at radius 1 is 1.50 bits per heavy atom. The number of sulfonamides is 1. The van der Waals surface area contributed by atoms with Crippen molar-refractivity contribution in [2.24, 2.45) is 0 Å². The molecule has 1 aliphatic heterocycles. The number of halogens is 1. The molecule has 1 N–H and O–H groups in total. The van der Waals surface area contributed by atoms with Gasteiger partial charge in [0.15, 0.2) is 0 Å². The van der Waals surface area contributed by atoms with E-state index >= 15 is 0 Å². The van der Waals surface area contributed by atoms with Crippen LogP contribution in [-0.4, -0.2) is 43.3 Å². The van der Waals surface area contributed by atoms with E-state index in [1.54, 1.807) is 6.92 Å². The Labute approximate surface area is 121 Å². The highest BCUT2D eigenvalue weighted by molar-refractivity contribution is 7.89. The van der Waals surface area contributed by atoms with Crippen molar-refractivity contribution in [2.45, 2.75) is 17.9 Å². The van der Waals surface area contributed by atoms with E-state index in [2.05, 4.69) is 5.32 Å². The Balaban J connectivity index is 2.44. The Morgan fingerprint density at radius 3 is 2.80 bits per heavy atom. The third kappa shape index (κ3) is 2.78. The van der Waals surface area contributed by atoms with Crippen LogP contribution >= 0.6 is 11.6 Å². The van der Waals surface area contributed by atoms with E-state index < -0.39 is 20.6 Å². The number of benzene rings is 1. The fraction of sp³-hybridized carbons (Fsp3) is 0.455. The molecule has 1 aromatic rings. The van der Waals surface area contributed by atoms with Crippen LogP contribution in [0.25, 0.3) is 0 Å². The molecule has 0 bridgehead atoms. The molecular weight excluding hydrogens is 306 g/mol. The largest absolute Gasteiger partial charge is 0.314 e. The highest BCUT2D eigenvalue weighted by atomic mass is 35.5.